The van der Waals surface area contributed by atoms with Crippen LogP contribution in [0.5, 0.6) is 0 Å². The highest BCUT2D eigenvalue weighted by Gasteiger charge is 2.48. The SMILES string of the molecule is C[C@H]1CC[C@H]([C@H](O)C(F)(F)F)N1c1ccc2[nH]c(=O)cc(C(F)(F)Cl)c2c1. The van der Waals surface area contributed by atoms with Crippen LogP contribution in [-0.2, 0) is 5.38 Å². The number of hydrogen-bond acceptors (Lipinski definition) is 3. The Hall–Kier alpha value is -1.87. The third kappa shape index (κ3) is 3.75. The minimum atomic E-state index is -4.80. The molecule has 0 aliphatic carbocycles. The van der Waals surface area contributed by atoms with Gasteiger partial charge < -0.3 is 15.0 Å². The second kappa shape index (κ2) is 6.63. The fraction of sp³-hybridized carbons (Fsp3) is 0.471. The lowest BCUT2D eigenvalue weighted by molar-refractivity contribution is -0.209. The number of fused-ring (bicyclic) bond motifs is 1. The van der Waals surface area contributed by atoms with Crippen LogP contribution in [0, 0.1) is 0 Å². The van der Waals surface area contributed by atoms with Gasteiger partial charge in [-0.25, -0.2) is 0 Å². The van der Waals surface area contributed by atoms with Crippen molar-refractivity contribution in [2.24, 2.45) is 0 Å². The van der Waals surface area contributed by atoms with Gasteiger partial charge >= 0.3 is 11.6 Å². The first-order valence-electron chi connectivity index (χ1n) is 8.17. The number of pyridine rings is 1. The molecule has 1 aromatic carbocycles. The minimum Gasteiger partial charge on any atom is -0.382 e. The monoisotopic (exact) mass is 410 g/mol. The number of rotatable bonds is 3. The van der Waals surface area contributed by atoms with Crippen LogP contribution in [0.1, 0.15) is 25.3 Å². The fourth-order valence-corrected chi connectivity index (χ4v) is 3.78. The van der Waals surface area contributed by atoms with E-state index in [0.29, 0.717) is 12.5 Å². The summed E-state index contributed by atoms with van der Waals surface area (Å²) in [5, 5.41) is 5.81. The molecule has 1 aromatic heterocycles. The normalized spacial score (nSPS) is 22.4. The van der Waals surface area contributed by atoms with Crippen molar-refractivity contribution in [1.82, 2.24) is 4.98 Å². The third-order valence-corrected chi connectivity index (χ3v) is 5.05. The molecule has 27 heavy (non-hydrogen) atoms. The van der Waals surface area contributed by atoms with Gasteiger partial charge in [0.25, 0.3) is 0 Å². The number of H-pyrrole nitrogens is 1. The lowest BCUT2D eigenvalue weighted by Crippen LogP contribution is -2.48. The van der Waals surface area contributed by atoms with Crippen LogP contribution >= 0.6 is 11.6 Å². The van der Waals surface area contributed by atoms with Crippen LogP contribution in [0.25, 0.3) is 10.9 Å². The number of halogens is 6. The number of aliphatic hydroxyl groups excluding tert-OH is 1. The molecule has 10 heteroatoms. The van der Waals surface area contributed by atoms with Crippen molar-refractivity contribution in [1.29, 1.82) is 0 Å². The fourth-order valence-electron chi connectivity index (χ4n) is 3.63. The zero-order chi connectivity index (χ0) is 20.1. The summed E-state index contributed by atoms with van der Waals surface area (Å²) in [6.07, 6.45) is -6.87. The molecule has 0 bridgehead atoms. The number of anilines is 1. The lowest BCUT2D eigenvalue weighted by Gasteiger charge is -2.34. The number of hydrogen-bond donors (Lipinski definition) is 2. The van der Waals surface area contributed by atoms with Crippen LogP contribution in [0.15, 0.2) is 29.1 Å². The Bertz CT molecular complexity index is 909. The van der Waals surface area contributed by atoms with Crippen LogP contribution in [0.4, 0.5) is 27.6 Å². The predicted octanol–water partition coefficient (Wildman–Crippen LogP) is 4.10. The Morgan fingerprint density at radius 1 is 1.22 bits per heavy atom. The number of benzene rings is 1. The summed E-state index contributed by atoms with van der Waals surface area (Å²) in [5.74, 6) is 0. The minimum absolute atomic E-state index is 0.0774. The molecular formula is C17H16ClF5N2O2. The maximum Gasteiger partial charge on any atom is 0.416 e. The number of aliphatic hydroxyl groups is 1. The van der Waals surface area contributed by atoms with E-state index < -0.39 is 34.8 Å². The summed E-state index contributed by atoms with van der Waals surface area (Å²) < 4.78 is 66.4. The summed E-state index contributed by atoms with van der Waals surface area (Å²) >= 11 is 5.10. The molecule has 2 N–H and O–H groups in total. The van der Waals surface area contributed by atoms with Crippen molar-refractivity contribution in [3.63, 3.8) is 0 Å². The van der Waals surface area contributed by atoms with Gasteiger partial charge in [-0.3, -0.25) is 4.79 Å². The highest BCUT2D eigenvalue weighted by atomic mass is 35.5. The van der Waals surface area contributed by atoms with E-state index in [2.05, 4.69) is 4.98 Å². The zero-order valence-corrected chi connectivity index (χ0v) is 14.8. The molecule has 2 heterocycles. The summed E-state index contributed by atoms with van der Waals surface area (Å²) in [7, 11) is 0. The number of aromatic amines is 1. The zero-order valence-electron chi connectivity index (χ0n) is 14.0. The van der Waals surface area contributed by atoms with Crippen molar-refractivity contribution in [3.05, 3.63) is 40.2 Å². The highest BCUT2D eigenvalue weighted by molar-refractivity contribution is 6.22. The quantitative estimate of drug-likeness (QED) is 0.592. The Morgan fingerprint density at radius 3 is 2.48 bits per heavy atom. The van der Waals surface area contributed by atoms with Crippen LogP contribution in [0.3, 0.4) is 0 Å². The Kier molecular flexibility index (Phi) is 4.88. The van der Waals surface area contributed by atoms with Gasteiger partial charge in [-0.15, -0.1) is 0 Å². The molecule has 0 radical (unpaired) electrons. The van der Waals surface area contributed by atoms with E-state index >= 15 is 0 Å². The second-order valence-electron chi connectivity index (χ2n) is 6.66. The van der Waals surface area contributed by atoms with Gasteiger partial charge in [-0.05, 0) is 49.6 Å². The van der Waals surface area contributed by atoms with E-state index in [9.17, 15) is 31.9 Å². The number of nitrogens with one attached hydrogen (secondary N) is 1. The van der Waals surface area contributed by atoms with Gasteiger partial charge in [-0.1, -0.05) is 0 Å². The van der Waals surface area contributed by atoms with Crippen LogP contribution in [-0.4, -0.2) is 34.5 Å². The van der Waals surface area contributed by atoms with Gasteiger partial charge in [-0.2, -0.15) is 22.0 Å². The number of aromatic nitrogens is 1. The average molecular weight is 411 g/mol. The molecule has 0 spiro atoms. The van der Waals surface area contributed by atoms with Gasteiger partial charge in [0.1, 0.15) is 0 Å². The standard InChI is InChI=1S/C17H16ClF5N2O2/c1-8-2-5-13(15(27)17(21,22)23)25(8)9-3-4-12-10(6-9)11(16(18,19)20)7-14(26)24-12/h3-4,6-8,13,15,27H,2,5H2,1H3,(H,24,26)/t8-,13+,15-/m0/s1. The molecule has 3 rings (SSSR count). The lowest BCUT2D eigenvalue weighted by atomic mass is 10.1. The first-order valence-corrected chi connectivity index (χ1v) is 8.55. The first-order chi connectivity index (χ1) is 12.4. The molecule has 148 valence electrons. The van der Waals surface area contributed by atoms with Crippen LogP contribution in [0.2, 0.25) is 0 Å². The van der Waals surface area contributed by atoms with E-state index in [1.807, 2.05) is 0 Å². The summed E-state index contributed by atoms with van der Waals surface area (Å²) in [6, 6.07) is 3.10. The van der Waals surface area contributed by atoms with Gasteiger partial charge in [0.2, 0.25) is 5.56 Å². The summed E-state index contributed by atoms with van der Waals surface area (Å²) in [6.45, 7) is 1.69. The molecule has 0 unspecified atom stereocenters. The first kappa shape index (κ1) is 19.9. The van der Waals surface area contributed by atoms with E-state index in [1.54, 1.807) is 6.92 Å². The van der Waals surface area contributed by atoms with E-state index in [0.717, 1.165) is 0 Å². The molecule has 2 aromatic rings. The average Bonchev–Trinajstić information content (AvgIpc) is 2.92. The molecule has 1 aliphatic heterocycles. The summed E-state index contributed by atoms with van der Waals surface area (Å²) in [5.41, 5.74) is -1.19. The molecule has 1 aliphatic rings. The second-order valence-corrected chi connectivity index (χ2v) is 7.14. The number of alkyl halides is 6. The highest BCUT2D eigenvalue weighted by Crippen LogP contribution is 2.40. The Balaban J connectivity index is 2.13. The molecule has 3 atom stereocenters. The molecule has 1 fully saturated rings. The molecule has 0 amide bonds. The topological polar surface area (TPSA) is 56.3 Å². The van der Waals surface area contributed by atoms with Crippen molar-refractivity contribution in [3.8, 4) is 0 Å². The van der Waals surface area contributed by atoms with E-state index in [1.165, 1.54) is 23.1 Å². The van der Waals surface area contributed by atoms with Gasteiger partial charge in [0, 0.05) is 28.7 Å². The molecule has 0 saturated carbocycles. The van der Waals surface area contributed by atoms with Crippen LogP contribution < -0.4 is 10.5 Å². The predicted molar refractivity (Wildman–Crippen MR) is 91.3 cm³/mol. The maximum absolute atomic E-state index is 13.7. The third-order valence-electron chi connectivity index (χ3n) is 4.84. The Morgan fingerprint density at radius 2 is 1.89 bits per heavy atom. The maximum atomic E-state index is 13.7. The molecular weight excluding hydrogens is 395 g/mol. The Labute approximate surface area is 155 Å². The van der Waals surface area contributed by atoms with Gasteiger partial charge in [0.15, 0.2) is 6.10 Å². The molecule has 4 nitrogen and oxygen atoms in total. The summed E-state index contributed by atoms with van der Waals surface area (Å²) in [4.78, 5) is 15.3. The van der Waals surface area contributed by atoms with Crippen molar-refractivity contribution in [2.75, 3.05) is 4.90 Å². The molecule has 1 saturated heterocycles. The van der Waals surface area contributed by atoms with Crippen molar-refractivity contribution in [2.45, 2.75) is 49.5 Å². The largest absolute Gasteiger partial charge is 0.416 e. The van der Waals surface area contributed by atoms with Gasteiger partial charge in [0.05, 0.1) is 11.6 Å². The smallest absolute Gasteiger partial charge is 0.382 e. The number of nitrogens with zero attached hydrogens (tertiary/aromatic N) is 1. The van der Waals surface area contributed by atoms with E-state index in [4.69, 9.17) is 11.6 Å². The van der Waals surface area contributed by atoms with E-state index in [-0.39, 0.29) is 29.1 Å². The van der Waals surface area contributed by atoms with Crippen molar-refractivity contribution < 1.29 is 27.1 Å². The van der Waals surface area contributed by atoms with Crippen molar-refractivity contribution >= 4 is 28.2 Å².